The van der Waals surface area contributed by atoms with E-state index in [9.17, 15) is 0 Å². The summed E-state index contributed by atoms with van der Waals surface area (Å²) in [4.78, 5) is 3.06. The Balaban J connectivity index is 2.02. The number of ether oxygens (including phenoxy) is 1. The molecule has 2 rings (SSSR count). The van der Waals surface area contributed by atoms with Crippen LogP contribution < -0.4 is 10.5 Å². The summed E-state index contributed by atoms with van der Waals surface area (Å²) in [5.74, 6) is 0.724. The van der Waals surface area contributed by atoms with Crippen LogP contribution in [0.25, 0.3) is 0 Å². The van der Waals surface area contributed by atoms with Crippen molar-refractivity contribution in [2.45, 2.75) is 6.61 Å². The number of benzene rings is 1. The largest absolute Gasteiger partial charge is 0.485 e. The lowest BCUT2D eigenvalue weighted by Gasteiger charge is -2.06. The number of H-pyrrole nitrogens is 1. The summed E-state index contributed by atoms with van der Waals surface area (Å²) in [6.45, 7) is 0.515. The van der Waals surface area contributed by atoms with Crippen molar-refractivity contribution >= 4 is 5.69 Å². The van der Waals surface area contributed by atoms with Gasteiger partial charge in [-0.3, -0.25) is 0 Å². The third-order valence-electron chi connectivity index (χ3n) is 1.96. The average molecular weight is 188 g/mol. The molecule has 3 N–H and O–H groups in total. The van der Waals surface area contributed by atoms with Crippen molar-refractivity contribution in [1.82, 2.24) is 4.98 Å². The van der Waals surface area contributed by atoms with E-state index in [1.54, 1.807) is 0 Å². The second-order valence-corrected chi connectivity index (χ2v) is 3.02. The molecule has 1 heterocycles. The van der Waals surface area contributed by atoms with E-state index >= 15 is 0 Å². The van der Waals surface area contributed by atoms with Crippen LogP contribution in [-0.2, 0) is 6.61 Å². The molecule has 0 bridgehead atoms. The van der Waals surface area contributed by atoms with Crippen LogP contribution in [0.5, 0.6) is 5.75 Å². The zero-order chi connectivity index (χ0) is 9.80. The van der Waals surface area contributed by atoms with Gasteiger partial charge in [-0.25, -0.2) is 0 Å². The summed E-state index contributed by atoms with van der Waals surface area (Å²) in [6, 6.07) is 11.4. The lowest BCUT2D eigenvalue weighted by Crippen LogP contribution is -1.98. The predicted molar refractivity (Wildman–Crippen MR) is 56.0 cm³/mol. The predicted octanol–water partition coefficient (Wildman–Crippen LogP) is 2.18. The Hall–Kier alpha value is -1.90. The van der Waals surface area contributed by atoms with Gasteiger partial charge >= 0.3 is 0 Å². The summed E-state index contributed by atoms with van der Waals surface area (Å²) in [5.41, 5.74) is 7.43. The number of nitrogens with two attached hydrogens (primary N) is 1. The molecule has 0 saturated carbocycles. The Bertz CT molecular complexity index is 395. The molecule has 0 amide bonds. The highest BCUT2D eigenvalue weighted by Gasteiger charge is 1.98. The van der Waals surface area contributed by atoms with Crippen LogP contribution in [0.2, 0.25) is 0 Å². The Morgan fingerprint density at radius 2 is 2.00 bits per heavy atom. The van der Waals surface area contributed by atoms with Gasteiger partial charge in [0.05, 0.1) is 11.4 Å². The van der Waals surface area contributed by atoms with E-state index in [0.717, 1.165) is 11.4 Å². The fourth-order valence-corrected chi connectivity index (χ4v) is 1.22. The number of para-hydroxylation sites is 2. The summed E-state index contributed by atoms with van der Waals surface area (Å²) < 4.78 is 5.52. The van der Waals surface area contributed by atoms with Crippen molar-refractivity contribution < 1.29 is 4.74 Å². The monoisotopic (exact) mass is 188 g/mol. The lowest BCUT2D eigenvalue weighted by atomic mass is 10.3. The summed E-state index contributed by atoms with van der Waals surface area (Å²) in [5, 5.41) is 0. The van der Waals surface area contributed by atoms with E-state index in [1.807, 2.05) is 42.6 Å². The summed E-state index contributed by atoms with van der Waals surface area (Å²) in [7, 11) is 0. The van der Waals surface area contributed by atoms with Crippen LogP contribution >= 0.6 is 0 Å². The Labute approximate surface area is 82.5 Å². The first-order chi connectivity index (χ1) is 6.86. The highest BCUT2D eigenvalue weighted by Crippen LogP contribution is 2.20. The van der Waals surface area contributed by atoms with Gasteiger partial charge in [-0.15, -0.1) is 0 Å². The van der Waals surface area contributed by atoms with Crippen LogP contribution in [0.15, 0.2) is 42.6 Å². The molecule has 2 aromatic rings. The molecular formula is C11H12N2O. The Morgan fingerprint density at radius 3 is 2.71 bits per heavy atom. The van der Waals surface area contributed by atoms with Crippen LogP contribution in [0.4, 0.5) is 5.69 Å². The second kappa shape index (κ2) is 3.87. The zero-order valence-electron chi connectivity index (χ0n) is 7.73. The van der Waals surface area contributed by atoms with E-state index in [1.165, 1.54) is 0 Å². The Morgan fingerprint density at radius 1 is 1.14 bits per heavy atom. The number of anilines is 1. The van der Waals surface area contributed by atoms with Gasteiger partial charge in [0.25, 0.3) is 0 Å². The standard InChI is InChI=1S/C11H12N2O/c12-10-5-1-2-6-11(10)14-8-9-4-3-7-13-9/h1-7,13H,8,12H2. The molecule has 0 atom stereocenters. The van der Waals surface area contributed by atoms with Crippen molar-refractivity contribution in [2.75, 3.05) is 5.73 Å². The van der Waals surface area contributed by atoms with E-state index in [2.05, 4.69) is 4.98 Å². The maximum Gasteiger partial charge on any atom is 0.142 e. The average Bonchev–Trinajstić information content (AvgIpc) is 2.69. The molecule has 1 aromatic carbocycles. The van der Waals surface area contributed by atoms with Gasteiger partial charge in [-0.2, -0.15) is 0 Å². The minimum absolute atomic E-state index is 0.515. The molecule has 0 radical (unpaired) electrons. The van der Waals surface area contributed by atoms with Crippen LogP contribution in [0.3, 0.4) is 0 Å². The molecule has 0 saturated heterocycles. The fraction of sp³-hybridized carbons (Fsp3) is 0.0909. The molecule has 0 spiro atoms. The molecule has 1 aromatic heterocycles. The summed E-state index contributed by atoms with van der Waals surface area (Å²) in [6.07, 6.45) is 1.87. The molecule has 14 heavy (non-hydrogen) atoms. The van der Waals surface area contributed by atoms with Gasteiger partial charge in [0.2, 0.25) is 0 Å². The van der Waals surface area contributed by atoms with Gasteiger partial charge in [0, 0.05) is 6.20 Å². The fourth-order valence-electron chi connectivity index (χ4n) is 1.22. The maximum atomic E-state index is 5.72. The van der Waals surface area contributed by atoms with E-state index in [4.69, 9.17) is 10.5 Å². The molecule has 72 valence electrons. The van der Waals surface area contributed by atoms with Crippen molar-refractivity contribution in [2.24, 2.45) is 0 Å². The second-order valence-electron chi connectivity index (χ2n) is 3.02. The third-order valence-corrected chi connectivity index (χ3v) is 1.96. The molecule has 3 heteroatoms. The molecule has 0 fully saturated rings. The first-order valence-corrected chi connectivity index (χ1v) is 4.46. The molecule has 0 aliphatic rings. The molecule has 3 nitrogen and oxygen atoms in total. The SMILES string of the molecule is Nc1ccccc1OCc1ccc[nH]1. The summed E-state index contributed by atoms with van der Waals surface area (Å²) >= 11 is 0. The number of nitrogen functional groups attached to an aromatic ring is 1. The van der Waals surface area contributed by atoms with Crippen LogP contribution in [0.1, 0.15) is 5.69 Å². The number of hydrogen-bond acceptors (Lipinski definition) is 2. The highest BCUT2D eigenvalue weighted by atomic mass is 16.5. The Kier molecular flexibility index (Phi) is 2.40. The third kappa shape index (κ3) is 1.88. The number of hydrogen-bond donors (Lipinski definition) is 2. The normalized spacial score (nSPS) is 10.0. The molecular weight excluding hydrogens is 176 g/mol. The van der Waals surface area contributed by atoms with Gasteiger partial charge in [0.15, 0.2) is 0 Å². The lowest BCUT2D eigenvalue weighted by molar-refractivity contribution is 0.304. The van der Waals surface area contributed by atoms with Crippen LogP contribution in [-0.4, -0.2) is 4.98 Å². The first kappa shape index (κ1) is 8.69. The van der Waals surface area contributed by atoms with Crippen molar-refractivity contribution in [3.05, 3.63) is 48.3 Å². The topological polar surface area (TPSA) is 51.0 Å². The van der Waals surface area contributed by atoms with Gasteiger partial charge in [0.1, 0.15) is 12.4 Å². The molecule has 0 unspecified atom stereocenters. The van der Waals surface area contributed by atoms with Gasteiger partial charge < -0.3 is 15.5 Å². The van der Waals surface area contributed by atoms with E-state index in [-0.39, 0.29) is 0 Å². The van der Waals surface area contributed by atoms with Crippen LogP contribution in [0, 0.1) is 0 Å². The molecule has 0 aliphatic carbocycles. The zero-order valence-corrected chi connectivity index (χ0v) is 7.73. The molecule has 0 aliphatic heterocycles. The van der Waals surface area contributed by atoms with Crippen molar-refractivity contribution in [1.29, 1.82) is 0 Å². The number of aromatic amines is 1. The minimum Gasteiger partial charge on any atom is -0.485 e. The number of nitrogens with one attached hydrogen (secondary N) is 1. The van der Waals surface area contributed by atoms with Crippen molar-refractivity contribution in [3.8, 4) is 5.75 Å². The first-order valence-electron chi connectivity index (χ1n) is 4.46. The highest BCUT2D eigenvalue weighted by molar-refractivity contribution is 5.51. The van der Waals surface area contributed by atoms with E-state index in [0.29, 0.717) is 12.3 Å². The number of aromatic nitrogens is 1. The quantitative estimate of drug-likeness (QED) is 0.725. The maximum absolute atomic E-state index is 5.72. The number of rotatable bonds is 3. The van der Waals surface area contributed by atoms with Crippen molar-refractivity contribution in [3.63, 3.8) is 0 Å². The van der Waals surface area contributed by atoms with Gasteiger partial charge in [-0.1, -0.05) is 12.1 Å². The van der Waals surface area contributed by atoms with E-state index < -0.39 is 0 Å². The van der Waals surface area contributed by atoms with Gasteiger partial charge in [-0.05, 0) is 24.3 Å². The minimum atomic E-state index is 0.515. The smallest absolute Gasteiger partial charge is 0.142 e.